The van der Waals surface area contributed by atoms with E-state index in [1.165, 1.54) is 19.6 Å². The lowest BCUT2D eigenvalue weighted by Crippen LogP contribution is -3.11. The van der Waals surface area contributed by atoms with Gasteiger partial charge in [-0.15, -0.1) is 0 Å². The third kappa shape index (κ3) is 6.05. The van der Waals surface area contributed by atoms with Gasteiger partial charge in [0.05, 0.1) is 25.0 Å². The van der Waals surface area contributed by atoms with Gasteiger partial charge < -0.3 is 19.7 Å². The van der Waals surface area contributed by atoms with Crippen molar-refractivity contribution in [3.8, 4) is 0 Å². The smallest absolute Gasteiger partial charge is 0.432 e. The molecule has 4 bridgehead atoms. The summed E-state index contributed by atoms with van der Waals surface area (Å²) >= 11 is 0. The standard InChI is InChI=1S/C14H15F5O6S.C6H15N.H2O/c15-13(16,17)10(14(18,19)26(22,23)24)25-11(21)12-3-6-1-7(4-12)9(20)8(2-6)5-12;1-4-7(5-2)6-3;/h6-8,10H,1-5H2,(H,22,23,24);4-6H2,1-3H3;1H2. The van der Waals surface area contributed by atoms with Crippen LogP contribution in [0.2, 0.25) is 0 Å². The van der Waals surface area contributed by atoms with Crippen LogP contribution in [0.5, 0.6) is 0 Å². The molecule has 0 heterocycles. The maximum absolute atomic E-state index is 13.5. The van der Waals surface area contributed by atoms with E-state index in [1.54, 1.807) is 4.90 Å². The van der Waals surface area contributed by atoms with E-state index in [1.807, 2.05) is 0 Å². The minimum absolute atomic E-state index is 0. The Morgan fingerprint density at radius 1 is 1.06 bits per heavy atom. The molecule has 0 aliphatic heterocycles. The van der Waals surface area contributed by atoms with Gasteiger partial charge in [0, 0.05) is 11.8 Å². The fourth-order valence-electron chi connectivity index (χ4n) is 5.44. The van der Waals surface area contributed by atoms with Gasteiger partial charge in [-0.3, -0.25) is 9.59 Å². The minimum Gasteiger partial charge on any atom is -0.743 e. The van der Waals surface area contributed by atoms with E-state index in [0.717, 1.165) is 0 Å². The summed E-state index contributed by atoms with van der Waals surface area (Å²) in [4.78, 5) is 26.1. The van der Waals surface area contributed by atoms with Crippen LogP contribution in [0.3, 0.4) is 0 Å². The largest absolute Gasteiger partial charge is 0.743 e. The molecule has 14 heteroatoms. The molecule has 0 radical (unpaired) electrons. The third-order valence-corrected chi connectivity index (χ3v) is 7.97. The molecule has 0 amide bonds. The van der Waals surface area contributed by atoms with E-state index in [0.29, 0.717) is 12.8 Å². The summed E-state index contributed by atoms with van der Waals surface area (Å²) in [5.41, 5.74) is -1.53. The second-order valence-corrected chi connectivity index (χ2v) is 10.6. The molecule has 4 fully saturated rings. The molecule has 3 N–H and O–H groups in total. The highest BCUT2D eigenvalue weighted by molar-refractivity contribution is 7.86. The molecule has 4 saturated carbocycles. The average Bonchev–Trinajstić information content (AvgIpc) is 2.69. The third-order valence-electron chi connectivity index (χ3n) is 7.09. The molecule has 3 atom stereocenters. The second kappa shape index (κ2) is 10.7. The molecule has 0 saturated heterocycles. The monoisotopic (exact) mass is 525 g/mol. The summed E-state index contributed by atoms with van der Waals surface area (Å²) in [6, 6.07) is 0. The van der Waals surface area contributed by atoms with Crippen LogP contribution in [0.4, 0.5) is 22.0 Å². The van der Waals surface area contributed by atoms with Crippen molar-refractivity contribution in [2.24, 2.45) is 23.2 Å². The Bertz CT molecular complexity index is 821. The first-order chi connectivity index (χ1) is 15.0. The number of halogens is 5. The number of Topliss-reactive ketones (excluding diaryl/α,β-unsaturated/α-hetero) is 1. The fraction of sp³-hybridized carbons (Fsp3) is 0.900. The number of hydrogen-bond donors (Lipinski definition) is 1. The number of ether oxygens (including phenoxy) is 1. The van der Waals surface area contributed by atoms with E-state index in [-0.39, 0.29) is 36.4 Å². The summed E-state index contributed by atoms with van der Waals surface area (Å²) in [5.74, 6) is -2.91. The van der Waals surface area contributed by atoms with Crippen LogP contribution in [0.15, 0.2) is 0 Å². The Morgan fingerprint density at radius 3 is 1.82 bits per heavy atom. The molecule has 4 aliphatic rings. The average molecular weight is 526 g/mol. The number of nitrogens with one attached hydrogen (secondary N) is 1. The fourth-order valence-corrected chi connectivity index (χ4v) is 5.88. The summed E-state index contributed by atoms with van der Waals surface area (Å²) in [5, 5.41) is -5.86. The number of alkyl halides is 5. The number of esters is 1. The SMILES string of the molecule is CC[NH+](CC)CC.O.O=C1C2CC3CC1CC(C(=O)OC(C(F)(F)F)C(F)(F)S(=O)(=O)[O-])(C3)C2. The van der Waals surface area contributed by atoms with Crippen molar-refractivity contribution in [2.45, 2.75) is 70.4 Å². The zero-order valence-electron chi connectivity index (χ0n) is 19.2. The lowest BCUT2D eigenvalue weighted by atomic mass is 9.49. The molecule has 4 rings (SSSR count). The Balaban J connectivity index is 0.000000633. The van der Waals surface area contributed by atoms with E-state index >= 15 is 0 Å². The van der Waals surface area contributed by atoms with E-state index in [2.05, 4.69) is 25.5 Å². The number of carbonyl (C=O) groups is 2. The summed E-state index contributed by atoms with van der Waals surface area (Å²) in [6.07, 6.45) is -9.53. The molecular formula is C20H32F5NO7S. The molecular weight excluding hydrogens is 493 g/mol. The van der Waals surface area contributed by atoms with Gasteiger partial charge in [-0.05, 0) is 58.8 Å². The minimum atomic E-state index is -6.73. The van der Waals surface area contributed by atoms with E-state index in [4.69, 9.17) is 0 Å². The first-order valence-corrected chi connectivity index (χ1v) is 12.4. The lowest BCUT2D eigenvalue weighted by molar-refractivity contribution is -0.894. The topological polar surface area (TPSA) is 137 Å². The molecule has 0 aromatic carbocycles. The van der Waals surface area contributed by atoms with Gasteiger partial charge >= 0.3 is 17.4 Å². The number of carbonyl (C=O) groups excluding carboxylic acids is 2. The van der Waals surface area contributed by atoms with Crippen LogP contribution in [-0.4, -0.2) is 67.4 Å². The van der Waals surface area contributed by atoms with Crippen molar-refractivity contribution in [2.75, 3.05) is 19.6 Å². The van der Waals surface area contributed by atoms with Crippen molar-refractivity contribution in [1.29, 1.82) is 0 Å². The zero-order chi connectivity index (χ0) is 25.4. The van der Waals surface area contributed by atoms with Gasteiger partial charge in [0.25, 0.3) is 6.10 Å². The first kappa shape index (κ1) is 30.7. The van der Waals surface area contributed by atoms with E-state index in [9.17, 15) is 44.5 Å². The highest BCUT2D eigenvalue weighted by atomic mass is 32.2. The Kier molecular flexibility index (Phi) is 9.65. The number of quaternary nitrogens is 1. The molecule has 0 aromatic rings. The number of ketones is 1. The van der Waals surface area contributed by atoms with Crippen molar-refractivity contribution >= 4 is 21.9 Å². The van der Waals surface area contributed by atoms with Crippen molar-refractivity contribution in [1.82, 2.24) is 0 Å². The van der Waals surface area contributed by atoms with Gasteiger partial charge in [-0.2, -0.15) is 22.0 Å². The first-order valence-electron chi connectivity index (χ1n) is 11.0. The molecule has 200 valence electrons. The molecule has 8 nitrogen and oxygen atoms in total. The zero-order valence-corrected chi connectivity index (χ0v) is 20.0. The maximum atomic E-state index is 13.5. The van der Waals surface area contributed by atoms with Gasteiger partial charge in [0.1, 0.15) is 5.78 Å². The number of hydrogen-bond acceptors (Lipinski definition) is 6. The Hall–Kier alpha value is -1.38. The number of rotatable bonds is 7. The van der Waals surface area contributed by atoms with E-state index < -0.39 is 50.9 Å². The highest BCUT2D eigenvalue weighted by Gasteiger charge is 2.65. The van der Waals surface area contributed by atoms with Crippen LogP contribution in [0.25, 0.3) is 0 Å². The molecule has 0 aromatic heterocycles. The van der Waals surface area contributed by atoms with Gasteiger partial charge in [-0.25, -0.2) is 8.42 Å². The molecule has 34 heavy (non-hydrogen) atoms. The van der Waals surface area contributed by atoms with Crippen LogP contribution in [-0.2, 0) is 24.4 Å². The van der Waals surface area contributed by atoms with Crippen LogP contribution < -0.4 is 4.90 Å². The van der Waals surface area contributed by atoms with Gasteiger partial charge in [-0.1, -0.05) is 0 Å². The maximum Gasteiger partial charge on any atom is 0.432 e. The molecule has 3 unspecified atom stereocenters. The van der Waals surface area contributed by atoms with Crippen LogP contribution in [0, 0.1) is 23.2 Å². The summed E-state index contributed by atoms with van der Waals surface area (Å²) in [6.45, 7) is 10.5. The predicted octanol–water partition coefficient (Wildman–Crippen LogP) is 1.10. The Morgan fingerprint density at radius 2 is 1.50 bits per heavy atom. The summed E-state index contributed by atoms with van der Waals surface area (Å²) in [7, 11) is -6.73. The lowest BCUT2D eigenvalue weighted by Gasteiger charge is -2.54. The van der Waals surface area contributed by atoms with Crippen molar-refractivity contribution < 1.29 is 59.6 Å². The van der Waals surface area contributed by atoms with Gasteiger partial charge in [0.15, 0.2) is 10.1 Å². The Labute approximate surface area is 195 Å². The quantitative estimate of drug-likeness (QED) is 0.300. The van der Waals surface area contributed by atoms with Crippen molar-refractivity contribution in [3.05, 3.63) is 0 Å². The summed E-state index contributed by atoms with van der Waals surface area (Å²) < 4.78 is 101. The molecule has 0 spiro atoms. The molecule has 4 aliphatic carbocycles. The van der Waals surface area contributed by atoms with Crippen LogP contribution in [0.1, 0.15) is 52.9 Å². The predicted molar refractivity (Wildman–Crippen MR) is 108 cm³/mol. The second-order valence-electron chi connectivity index (χ2n) is 9.18. The van der Waals surface area contributed by atoms with Crippen LogP contribution >= 0.6 is 0 Å². The van der Waals surface area contributed by atoms with Gasteiger partial charge in [0.2, 0.25) is 0 Å². The normalized spacial score (nSPS) is 29.2. The van der Waals surface area contributed by atoms with Crippen molar-refractivity contribution in [3.63, 3.8) is 0 Å². The highest BCUT2D eigenvalue weighted by Crippen LogP contribution is 2.59.